The van der Waals surface area contributed by atoms with E-state index in [1.54, 1.807) is 0 Å². The Morgan fingerprint density at radius 2 is 1.02 bits per heavy atom. The van der Waals surface area contributed by atoms with Crippen molar-refractivity contribution >= 4 is 0 Å². The van der Waals surface area contributed by atoms with Crippen LogP contribution in [0.25, 0.3) is 11.1 Å². The Kier molecular flexibility index (Phi) is 12.8. The fourth-order valence-electron chi connectivity index (χ4n) is 9.90. The Balaban J connectivity index is 1.15. The molecule has 0 amide bonds. The van der Waals surface area contributed by atoms with Crippen molar-refractivity contribution in [3.05, 3.63) is 185 Å². The van der Waals surface area contributed by atoms with Gasteiger partial charge in [-0.05, 0) is 130 Å². The van der Waals surface area contributed by atoms with Crippen molar-refractivity contribution in [1.82, 2.24) is 0 Å². The lowest BCUT2D eigenvalue weighted by atomic mass is 9.68. The van der Waals surface area contributed by atoms with E-state index in [9.17, 15) is 5.11 Å². The summed E-state index contributed by atoms with van der Waals surface area (Å²) in [7, 11) is 0. The first-order valence-electron chi connectivity index (χ1n) is 22.3. The van der Waals surface area contributed by atoms with Gasteiger partial charge in [0.15, 0.2) is 0 Å². The van der Waals surface area contributed by atoms with Gasteiger partial charge in [0, 0.05) is 0 Å². The van der Waals surface area contributed by atoms with Crippen LogP contribution in [0.1, 0.15) is 145 Å². The number of ether oxygens (including phenoxy) is 2. The summed E-state index contributed by atoms with van der Waals surface area (Å²) in [6, 6.07) is 51.6. The Hall–Kier alpha value is -5.12. The van der Waals surface area contributed by atoms with Gasteiger partial charge in [0.05, 0.1) is 5.41 Å². The maximum atomic E-state index is 11.4. The Labute approximate surface area is 354 Å². The van der Waals surface area contributed by atoms with Gasteiger partial charge in [-0.2, -0.15) is 0 Å². The van der Waals surface area contributed by atoms with E-state index in [4.69, 9.17) is 9.47 Å². The predicted molar refractivity (Wildman–Crippen MR) is 246 cm³/mol. The van der Waals surface area contributed by atoms with Crippen LogP contribution in [0.3, 0.4) is 0 Å². The predicted octanol–water partition coefficient (Wildman–Crippen LogP) is 15.2. The molecule has 3 nitrogen and oxygen atoms in total. The second-order valence-corrected chi connectivity index (χ2v) is 17.5. The third-order valence-corrected chi connectivity index (χ3v) is 13.5. The van der Waals surface area contributed by atoms with Crippen LogP contribution in [0.15, 0.2) is 146 Å². The minimum absolute atomic E-state index is 0.127. The van der Waals surface area contributed by atoms with Gasteiger partial charge >= 0.3 is 0 Å². The quantitative estimate of drug-likeness (QED) is 0.0942. The number of fused-ring (bicyclic) bond motifs is 3. The minimum atomic E-state index is -0.714. The van der Waals surface area contributed by atoms with Crippen LogP contribution >= 0.6 is 0 Å². The number of aliphatic hydroxyl groups excluding tert-OH is 1. The summed E-state index contributed by atoms with van der Waals surface area (Å²) in [4.78, 5) is 0. The zero-order chi connectivity index (χ0) is 41.6. The van der Waals surface area contributed by atoms with Crippen molar-refractivity contribution in [3.63, 3.8) is 0 Å². The SMILES string of the molecule is CCCCC(C)(CCC)Oc1ccc(C2(c3ccc(Oc4ccc(C(O)c5ccc(C(C)(CCC)C(C)CC)cc5)cc4)cc3)c3ccccc3-c3ccccc32)cc1. The molecule has 1 aliphatic carbocycles. The summed E-state index contributed by atoms with van der Waals surface area (Å²) in [5.41, 5.74) is 9.98. The molecule has 0 radical (unpaired) electrons. The molecule has 306 valence electrons. The molecule has 0 saturated heterocycles. The van der Waals surface area contributed by atoms with Gasteiger partial charge in [0.25, 0.3) is 0 Å². The van der Waals surface area contributed by atoms with Crippen molar-refractivity contribution < 1.29 is 14.6 Å². The van der Waals surface area contributed by atoms with Crippen LogP contribution < -0.4 is 9.47 Å². The lowest BCUT2D eigenvalue weighted by molar-refractivity contribution is 0.0664. The highest BCUT2D eigenvalue weighted by atomic mass is 16.5. The first-order valence-corrected chi connectivity index (χ1v) is 22.3. The van der Waals surface area contributed by atoms with Crippen LogP contribution in [0.2, 0.25) is 0 Å². The van der Waals surface area contributed by atoms with Gasteiger partial charge in [-0.15, -0.1) is 0 Å². The zero-order valence-corrected chi connectivity index (χ0v) is 36.4. The van der Waals surface area contributed by atoms with Crippen LogP contribution in [-0.4, -0.2) is 10.7 Å². The minimum Gasteiger partial charge on any atom is -0.488 e. The van der Waals surface area contributed by atoms with Gasteiger partial charge in [-0.3, -0.25) is 0 Å². The number of unbranched alkanes of at least 4 members (excludes halogenated alkanes) is 1. The van der Waals surface area contributed by atoms with Gasteiger partial charge in [0.2, 0.25) is 0 Å². The van der Waals surface area contributed by atoms with Crippen molar-refractivity contribution in [2.45, 2.75) is 122 Å². The molecule has 1 N–H and O–H groups in total. The molecule has 0 aliphatic heterocycles. The molecule has 7 rings (SSSR count). The smallest absolute Gasteiger partial charge is 0.127 e. The highest BCUT2D eigenvalue weighted by Crippen LogP contribution is 2.56. The fraction of sp³-hybridized carbons (Fsp3) is 0.357. The number of hydrogen-bond donors (Lipinski definition) is 1. The first-order chi connectivity index (χ1) is 28.6. The molecule has 4 atom stereocenters. The molecule has 59 heavy (non-hydrogen) atoms. The molecule has 6 aromatic rings. The number of benzene rings is 6. The lowest BCUT2D eigenvalue weighted by Gasteiger charge is -2.36. The molecule has 0 fully saturated rings. The Morgan fingerprint density at radius 1 is 0.542 bits per heavy atom. The lowest BCUT2D eigenvalue weighted by Crippen LogP contribution is -2.32. The standard InChI is InChI=1S/C56H64O3/c1-8-12-39-54(6,37-9-2)59-48-35-29-45(30-36-48)56(51-19-15-13-17-49(51)50-18-14-16-20-52(50)56)44-27-33-47(34-28-44)58-46-31-23-42(24-32-46)53(57)41-21-25-43(26-22-41)55(7,38-10-3)40(5)11-4/h13-36,40,53,57H,8-12,37-39H2,1-7H3. The summed E-state index contributed by atoms with van der Waals surface area (Å²) < 4.78 is 13.2. The summed E-state index contributed by atoms with van der Waals surface area (Å²) in [5.74, 6) is 2.99. The normalized spacial score (nSPS) is 15.9. The van der Waals surface area contributed by atoms with E-state index in [1.165, 1.54) is 38.9 Å². The van der Waals surface area contributed by atoms with Crippen LogP contribution in [0, 0.1) is 5.92 Å². The van der Waals surface area contributed by atoms with Gasteiger partial charge in [0.1, 0.15) is 29.0 Å². The van der Waals surface area contributed by atoms with Crippen molar-refractivity contribution in [3.8, 4) is 28.4 Å². The highest BCUT2D eigenvalue weighted by Gasteiger charge is 2.46. The third-order valence-electron chi connectivity index (χ3n) is 13.5. The summed E-state index contributed by atoms with van der Waals surface area (Å²) in [6.45, 7) is 16.0. The largest absolute Gasteiger partial charge is 0.488 e. The van der Waals surface area contributed by atoms with E-state index in [-0.39, 0.29) is 11.0 Å². The average molecular weight is 785 g/mol. The number of hydrogen-bond acceptors (Lipinski definition) is 3. The third kappa shape index (κ3) is 8.24. The molecular formula is C56H64O3. The molecule has 0 aromatic heterocycles. The van der Waals surface area contributed by atoms with Gasteiger partial charge in [-0.25, -0.2) is 0 Å². The van der Waals surface area contributed by atoms with Crippen LogP contribution in [0.5, 0.6) is 17.2 Å². The molecular weight excluding hydrogens is 721 g/mol. The second kappa shape index (κ2) is 18.0. The Bertz CT molecular complexity index is 2230. The van der Waals surface area contributed by atoms with E-state index in [0.717, 1.165) is 79.7 Å². The van der Waals surface area contributed by atoms with Gasteiger partial charge in [-0.1, -0.05) is 176 Å². The average Bonchev–Trinajstić information content (AvgIpc) is 3.57. The maximum Gasteiger partial charge on any atom is 0.127 e. The monoisotopic (exact) mass is 784 g/mol. The van der Waals surface area contributed by atoms with Gasteiger partial charge < -0.3 is 14.6 Å². The molecule has 0 bridgehead atoms. The van der Waals surface area contributed by atoms with Crippen molar-refractivity contribution in [2.24, 2.45) is 5.92 Å². The van der Waals surface area contributed by atoms with Crippen molar-refractivity contribution in [2.75, 3.05) is 0 Å². The summed E-state index contributed by atoms with van der Waals surface area (Å²) in [5, 5.41) is 11.4. The molecule has 3 heteroatoms. The van der Waals surface area contributed by atoms with E-state index in [0.29, 0.717) is 5.92 Å². The van der Waals surface area contributed by atoms with E-state index in [1.807, 2.05) is 24.3 Å². The number of aliphatic hydroxyl groups is 1. The number of rotatable bonds is 18. The highest BCUT2D eigenvalue weighted by molar-refractivity contribution is 5.86. The summed E-state index contributed by atoms with van der Waals surface area (Å²) in [6.07, 6.45) is 8.23. The summed E-state index contributed by atoms with van der Waals surface area (Å²) >= 11 is 0. The maximum absolute atomic E-state index is 11.4. The van der Waals surface area contributed by atoms with E-state index in [2.05, 4.69) is 170 Å². The molecule has 4 unspecified atom stereocenters. The van der Waals surface area contributed by atoms with Crippen LogP contribution in [0.4, 0.5) is 0 Å². The van der Waals surface area contributed by atoms with Crippen LogP contribution in [-0.2, 0) is 10.8 Å². The topological polar surface area (TPSA) is 38.7 Å². The fourth-order valence-corrected chi connectivity index (χ4v) is 9.90. The second-order valence-electron chi connectivity index (χ2n) is 17.5. The molecule has 6 aromatic carbocycles. The Morgan fingerprint density at radius 3 is 1.51 bits per heavy atom. The zero-order valence-electron chi connectivity index (χ0n) is 36.4. The molecule has 1 aliphatic rings. The molecule has 0 heterocycles. The van der Waals surface area contributed by atoms with E-state index < -0.39 is 11.5 Å². The molecule has 0 saturated carbocycles. The van der Waals surface area contributed by atoms with Crippen molar-refractivity contribution in [1.29, 1.82) is 0 Å². The van der Waals surface area contributed by atoms with E-state index >= 15 is 0 Å². The first kappa shape index (κ1) is 42.0. The molecule has 0 spiro atoms.